The molecule has 1 atom stereocenters. The quantitative estimate of drug-likeness (QED) is 0.631. The summed E-state index contributed by atoms with van der Waals surface area (Å²) in [7, 11) is 1.70. The zero-order valence-corrected chi connectivity index (χ0v) is 13.2. The lowest BCUT2D eigenvalue weighted by Gasteiger charge is -2.21. The van der Waals surface area contributed by atoms with Crippen molar-refractivity contribution in [2.75, 3.05) is 33.5 Å². The number of methoxy groups -OCH3 is 1. The minimum atomic E-state index is 0.481. The van der Waals surface area contributed by atoms with Crippen LogP contribution in [0.1, 0.15) is 37.6 Å². The van der Waals surface area contributed by atoms with Crippen molar-refractivity contribution in [2.45, 2.75) is 32.7 Å². The molecule has 1 aromatic heterocycles. The second-order valence-electron chi connectivity index (χ2n) is 5.00. The molecule has 1 unspecified atom stereocenters. The van der Waals surface area contributed by atoms with E-state index in [2.05, 4.69) is 36.7 Å². The minimum Gasteiger partial charge on any atom is -0.382 e. The van der Waals surface area contributed by atoms with Crippen LogP contribution in [0, 0.1) is 5.92 Å². The summed E-state index contributed by atoms with van der Waals surface area (Å²) in [4.78, 5) is 1.44. The van der Waals surface area contributed by atoms with E-state index in [4.69, 9.17) is 9.47 Å². The summed E-state index contributed by atoms with van der Waals surface area (Å²) in [5.41, 5.74) is 0. The Hall–Kier alpha value is -0.420. The summed E-state index contributed by atoms with van der Waals surface area (Å²) in [5.74, 6) is 0.622. The molecular weight excluding hydrogens is 258 g/mol. The van der Waals surface area contributed by atoms with Crippen LogP contribution in [0.3, 0.4) is 0 Å². The van der Waals surface area contributed by atoms with Gasteiger partial charge in [0.1, 0.15) is 0 Å². The van der Waals surface area contributed by atoms with Crippen molar-refractivity contribution in [3.63, 3.8) is 0 Å². The van der Waals surface area contributed by atoms with Gasteiger partial charge in [-0.05, 0) is 36.8 Å². The lowest BCUT2D eigenvalue weighted by Crippen LogP contribution is -2.26. The van der Waals surface area contributed by atoms with Crippen LogP contribution in [-0.4, -0.2) is 33.5 Å². The van der Waals surface area contributed by atoms with Crippen molar-refractivity contribution in [3.05, 3.63) is 22.4 Å². The fraction of sp³-hybridized carbons (Fsp3) is 0.733. The van der Waals surface area contributed by atoms with Gasteiger partial charge in [0.2, 0.25) is 0 Å². The molecule has 0 radical (unpaired) electrons. The van der Waals surface area contributed by atoms with Crippen molar-refractivity contribution in [2.24, 2.45) is 5.92 Å². The van der Waals surface area contributed by atoms with Gasteiger partial charge in [-0.1, -0.05) is 19.9 Å². The highest BCUT2D eigenvalue weighted by atomic mass is 32.1. The molecule has 0 aliphatic carbocycles. The lowest BCUT2D eigenvalue weighted by atomic mass is 10.0. The number of hydrogen-bond donors (Lipinski definition) is 1. The van der Waals surface area contributed by atoms with Crippen molar-refractivity contribution in [1.29, 1.82) is 0 Å². The number of hydrogen-bond acceptors (Lipinski definition) is 4. The first-order valence-electron chi connectivity index (χ1n) is 7.09. The van der Waals surface area contributed by atoms with Gasteiger partial charge >= 0.3 is 0 Å². The fourth-order valence-corrected chi connectivity index (χ4v) is 2.94. The third kappa shape index (κ3) is 7.06. The van der Waals surface area contributed by atoms with Gasteiger partial charge in [0, 0.05) is 24.6 Å². The first kappa shape index (κ1) is 16.6. The zero-order valence-electron chi connectivity index (χ0n) is 12.4. The summed E-state index contributed by atoms with van der Waals surface area (Å²) >= 11 is 1.84. The van der Waals surface area contributed by atoms with Crippen molar-refractivity contribution >= 4 is 11.3 Å². The van der Waals surface area contributed by atoms with Crippen molar-refractivity contribution in [3.8, 4) is 0 Å². The lowest BCUT2D eigenvalue weighted by molar-refractivity contribution is 0.0687. The van der Waals surface area contributed by atoms with E-state index >= 15 is 0 Å². The Morgan fingerprint density at radius 2 is 2.05 bits per heavy atom. The maximum absolute atomic E-state index is 5.45. The molecule has 1 rings (SSSR count). The maximum atomic E-state index is 5.45. The van der Waals surface area contributed by atoms with Crippen LogP contribution >= 0.6 is 11.3 Å². The standard InChI is InChI=1S/C15H27NO2S/c1-13(2)15(14-7-6-12-19-14)16-8-4-5-9-18-11-10-17-3/h6-7,12-13,15-16H,4-5,8-11H2,1-3H3. The first-order chi connectivity index (χ1) is 9.25. The van der Waals surface area contributed by atoms with Gasteiger partial charge in [0.25, 0.3) is 0 Å². The Morgan fingerprint density at radius 3 is 2.68 bits per heavy atom. The van der Waals surface area contributed by atoms with Gasteiger partial charge in [-0.25, -0.2) is 0 Å². The third-order valence-corrected chi connectivity index (χ3v) is 3.98. The van der Waals surface area contributed by atoms with Gasteiger partial charge < -0.3 is 14.8 Å². The maximum Gasteiger partial charge on any atom is 0.0700 e. The molecule has 110 valence electrons. The Kier molecular flexibility index (Phi) is 9.08. The van der Waals surface area contributed by atoms with E-state index in [1.54, 1.807) is 7.11 Å². The molecule has 0 amide bonds. The summed E-state index contributed by atoms with van der Waals surface area (Å²) < 4.78 is 10.4. The SMILES string of the molecule is COCCOCCCCNC(c1cccs1)C(C)C. The number of rotatable bonds is 11. The van der Waals surface area contributed by atoms with Crippen LogP contribution in [-0.2, 0) is 9.47 Å². The molecule has 0 saturated carbocycles. The van der Waals surface area contributed by atoms with Crippen molar-refractivity contribution in [1.82, 2.24) is 5.32 Å². The first-order valence-corrected chi connectivity index (χ1v) is 7.97. The monoisotopic (exact) mass is 285 g/mol. The van der Waals surface area contributed by atoms with Crippen LogP contribution in [0.4, 0.5) is 0 Å². The molecule has 0 aromatic carbocycles. The fourth-order valence-electron chi connectivity index (χ4n) is 1.96. The summed E-state index contributed by atoms with van der Waals surface area (Å²) in [5, 5.41) is 5.80. The molecular formula is C15H27NO2S. The predicted octanol–water partition coefficient (Wildman–Crippen LogP) is 3.48. The van der Waals surface area contributed by atoms with Gasteiger partial charge in [-0.15, -0.1) is 11.3 Å². The molecule has 1 N–H and O–H groups in total. The van der Waals surface area contributed by atoms with Crippen LogP contribution in [0.2, 0.25) is 0 Å². The molecule has 0 saturated heterocycles. The van der Waals surface area contributed by atoms with E-state index in [0.717, 1.165) is 26.0 Å². The topological polar surface area (TPSA) is 30.5 Å². The van der Waals surface area contributed by atoms with E-state index in [-0.39, 0.29) is 0 Å². The number of thiophene rings is 1. The highest BCUT2D eigenvalue weighted by Crippen LogP contribution is 2.25. The summed E-state index contributed by atoms with van der Waals surface area (Å²) in [6, 6.07) is 4.83. The summed E-state index contributed by atoms with van der Waals surface area (Å²) in [6.45, 7) is 7.81. The van der Waals surface area contributed by atoms with Crippen LogP contribution in [0.5, 0.6) is 0 Å². The van der Waals surface area contributed by atoms with Crippen LogP contribution < -0.4 is 5.32 Å². The Balaban J connectivity index is 2.09. The molecule has 0 bridgehead atoms. The largest absolute Gasteiger partial charge is 0.382 e. The molecule has 4 heteroatoms. The Morgan fingerprint density at radius 1 is 1.21 bits per heavy atom. The molecule has 19 heavy (non-hydrogen) atoms. The van der Waals surface area contributed by atoms with Gasteiger partial charge in [-0.2, -0.15) is 0 Å². The highest BCUT2D eigenvalue weighted by molar-refractivity contribution is 7.10. The molecule has 1 heterocycles. The van der Waals surface area contributed by atoms with E-state index in [1.165, 1.54) is 4.88 Å². The van der Waals surface area contributed by atoms with Crippen molar-refractivity contribution < 1.29 is 9.47 Å². The Labute approximate surface area is 121 Å². The molecule has 0 spiro atoms. The average molecular weight is 285 g/mol. The second-order valence-corrected chi connectivity index (χ2v) is 5.98. The average Bonchev–Trinajstić information content (AvgIpc) is 2.90. The number of unbranched alkanes of at least 4 members (excludes halogenated alkanes) is 1. The molecule has 3 nitrogen and oxygen atoms in total. The predicted molar refractivity (Wildman–Crippen MR) is 81.8 cm³/mol. The number of nitrogens with one attached hydrogen (secondary N) is 1. The Bertz CT molecular complexity index is 301. The normalized spacial score (nSPS) is 13.1. The molecule has 0 aliphatic heterocycles. The zero-order chi connectivity index (χ0) is 13.9. The van der Waals surface area contributed by atoms with Crippen LogP contribution in [0.15, 0.2) is 17.5 Å². The highest BCUT2D eigenvalue weighted by Gasteiger charge is 2.15. The van der Waals surface area contributed by atoms with E-state index in [1.807, 2.05) is 11.3 Å². The smallest absolute Gasteiger partial charge is 0.0700 e. The molecule has 1 aromatic rings. The minimum absolute atomic E-state index is 0.481. The van der Waals surface area contributed by atoms with Crippen LogP contribution in [0.25, 0.3) is 0 Å². The van der Waals surface area contributed by atoms with Gasteiger partial charge in [0.15, 0.2) is 0 Å². The van der Waals surface area contributed by atoms with E-state index < -0.39 is 0 Å². The molecule has 0 aliphatic rings. The van der Waals surface area contributed by atoms with Gasteiger partial charge in [0.05, 0.1) is 13.2 Å². The third-order valence-electron chi connectivity index (χ3n) is 3.03. The van der Waals surface area contributed by atoms with E-state index in [9.17, 15) is 0 Å². The van der Waals surface area contributed by atoms with Gasteiger partial charge in [-0.3, -0.25) is 0 Å². The second kappa shape index (κ2) is 10.4. The molecule has 0 fully saturated rings. The summed E-state index contributed by atoms with van der Waals surface area (Å²) in [6.07, 6.45) is 2.26. The van der Waals surface area contributed by atoms with E-state index in [0.29, 0.717) is 25.2 Å². The number of ether oxygens (including phenoxy) is 2.